The number of nitrogens with one attached hydrogen (secondary N) is 2. The Morgan fingerprint density at radius 1 is 1.47 bits per heavy atom. The number of hydrogen-bond acceptors (Lipinski definition) is 3. The number of anilines is 1. The Kier molecular flexibility index (Phi) is 3.24. The molecule has 1 amide bonds. The van der Waals surface area contributed by atoms with Crippen molar-refractivity contribution in [1.29, 1.82) is 5.26 Å². The molecule has 0 aliphatic carbocycles. The van der Waals surface area contributed by atoms with Gasteiger partial charge in [-0.05, 0) is 24.6 Å². The topological polar surface area (TPSA) is 64.9 Å². The molecule has 0 spiro atoms. The number of carbonyl (C=O) groups excluding carboxylic acids is 1. The molecule has 1 atom stereocenters. The summed E-state index contributed by atoms with van der Waals surface area (Å²) in [5.41, 5.74) is 0.857. The SMILES string of the molecule is N#Cc1cc(F)cc(NC2CCC(=O)NC2)c1. The van der Waals surface area contributed by atoms with Gasteiger partial charge in [-0.2, -0.15) is 5.26 Å². The number of rotatable bonds is 2. The molecule has 4 nitrogen and oxygen atoms in total. The molecule has 17 heavy (non-hydrogen) atoms. The van der Waals surface area contributed by atoms with E-state index in [1.165, 1.54) is 12.1 Å². The van der Waals surface area contributed by atoms with Crippen molar-refractivity contribution in [3.05, 3.63) is 29.6 Å². The van der Waals surface area contributed by atoms with Crippen molar-refractivity contribution in [1.82, 2.24) is 5.32 Å². The van der Waals surface area contributed by atoms with Gasteiger partial charge in [0, 0.05) is 24.7 Å². The second kappa shape index (κ2) is 4.83. The number of hydrogen-bond donors (Lipinski definition) is 2. The van der Waals surface area contributed by atoms with Crippen molar-refractivity contribution in [3.63, 3.8) is 0 Å². The first-order valence-electron chi connectivity index (χ1n) is 5.41. The Bertz CT molecular complexity index is 471. The Hall–Kier alpha value is -2.09. The average molecular weight is 233 g/mol. The third-order valence-corrected chi connectivity index (χ3v) is 2.66. The monoisotopic (exact) mass is 233 g/mol. The lowest BCUT2D eigenvalue weighted by Gasteiger charge is -2.24. The minimum absolute atomic E-state index is 0.0417. The largest absolute Gasteiger partial charge is 0.380 e. The molecule has 0 radical (unpaired) electrons. The molecular weight excluding hydrogens is 221 g/mol. The maximum absolute atomic E-state index is 13.2. The first-order valence-corrected chi connectivity index (χ1v) is 5.41. The van der Waals surface area contributed by atoms with Gasteiger partial charge in [0.2, 0.25) is 5.91 Å². The van der Waals surface area contributed by atoms with E-state index < -0.39 is 5.82 Å². The van der Waals surface area contributed by atoms with Gasteiger partial charge in [-0.3, -0.25) is 4.79 Å². The maximum atomic E-state index is 13.2. The van der Waals surface area contributed by atoms with Crippen LogP contribution in [0.1, 0.15) is 18.4 Å². The van der Waals surface area contributed by atoms with Gasteiger partial charge in [-0.25, -0.2) is 4.39 Å². The number of nitriles is 1. The summed E-state index contributed by atoms with van der Waals surface area (Å²) in [6, 6.07) is 6.12. The summed E-state index contributed by atoms with van der Waals surface area (Å²) in [5.74, 6) is -0.397. The second-order valence-electron chi connectivity index (χ2n) is 4.02. The number of piperidine rings is 1. The van der Waals surface area contributed by atoms with Crippen LogP contribution in [0.25, 0.3) is 0 Å². The van der Waals surface area contributed by atoms with Gasteiger partial charge in [-0.1, -0.05) is 0 Å². The van der Waals surface area contributed by atoms with Crippen molar-refractivity contribution >= 4 is 11.6 Å². The van der Waals surface area contributed by atoms with Gasteiger partial charge in [0.15, 0.2) is 0 Å². The predicted octanol–water partition coefficient (Wildman–Crippen LogP) is 1.39. The zero-order chi connectivity index (χ0) is 12.3. The molecule has 1 aromatic carbocycles. The summed E-state index contributed by atoms with van der Waals surface area (Å²) in [6.45, 7) is 0.525. The number of halogens is 1. The molecule has 88 valence electrons. The van der Waals surface area contributed by atoms with Gasteiger partial charge >= 0.3 is 0 Å². The van der Waals surface area contributed by atoms with Crippen molar-refractivity contribution in [2.24, 2.45) is 0 Å². The quantitative estimate of drug-likeness (QED) is 0.811. The maximum Gasteiger partial charge on any atom is 0.220 e. The van der Waals surface area contributed by atoms with Gasteiger partial charge in [0.05, 0.1) is 11.6 Å². The third-order valence-electron chi connectivity index (χ3n) is 2.66. The fraction of sp³-hybridized carbons (Fsp3) is 0.333. The summed E-state index contributed by atoms with van der Waals surface area (Å²) < 4.78 is 13.2. The fourth-order valence-corrected chi connectivity index (χ4v) is 1.83. The fourth-order valence-electron chi connectivity index (χ4n) is 1.83. The van der Waals surface area contributed by atoms with E-state index in [0.29, 0.717) is 25.1 Å². The number of nitrogens with zero attached hydrogens (tertiary/aromatic N) is 1. The molecule has 2 rings (SSSR count). The molecule has 2 N–H and O–H groups in total. The highest BCUT2D eigenvalue weighted by atomic mass is 19.1. The molecular formula is C12H12FN3O. The number of amides is 1. The standard InChI is InChI=1S/C12H12FN3O/c13-9-3-8(6-14)4-11(5-9)16-10-1-2-12(17)15-7-10/h3-5,10,16H,1-2,7H2,(H,15,17). The minimum atomic E-state index is -0.439. The summed E-state index contributed by atoms with van der Waals surface area (Å²) in [6.07, 6.45) is 1.18. The van der Waals surface area contributed by atoms with Crippen LogP contribution >= 0.6 is 0 Å². The highest BCUT2D eigenvalue weighted by Gasteiger charge is 2.17. The van der Waals surface area contributed by atoms with Crippen LogP contribution < -0.4 is 10.6 Å². The summed E-state index contributed by atoms with van der Waals surface area (Å²) >= 11 is 0. The van der Waals surface area contributed by atoms with E-state index in [1.54, 1.807) is 6.07 Å². The van der Waals surface area contributed by atoms with E-state index in [4.69, 9.17) is 5.26 Å². The molecule has 1 aliphatic heterocycles. The Morgan fingerprint density at radius 3 is 2.94 bits per heavy atom. The minimum Gasteiger partial charge on any atom is -0.380 e. The Morgan fingerprint density at radius 2 is 2.29 bits per heavy atom. The van der Waals surface area contributed by atoms with E-state index in [2.05, 4.69) is 10.6 Å². The van der Waals surface area contributed by atoms with E-state index in [-0.39, 0.29) is 17.5 Å². The summed E-state index contributed by atoms with van der Waals surface area (Å²) in [5, 5.41) is 14.6. The molecule has 1 heterocycles. The van der Waals surface area contributed by atoms with E-state index in [9.17, 15) is 9.18 Å². The van der Waals surface area contributed by atoms with Crippen LogP contribution in [0.3, 0.4) is 0 Å². The normalized spacial score (nSPS) is 19.3. The second-order valence-corrected chi connectivity index (χ2v) is 4.02. The van der Waals surface area contributed by atoms with Gasteiger partial charge in [-0.15, -0.1) is 0 Å². The summed E-state index contributed by atoms with van der Waals surface area (Å²) in [7, 11) is 0. The van der Waals surface area contributed by atoms with E-state index >= 15 is 0 Å². The van der Waals surface area contributed by atoms with Gasteiger partial charge in [0.25, 0.3) is 0 Å². The van der Waals surface area contributed by atoms with E-state index in [0.717, 1.165) is 0 Å². The smallest absolute Gasteiger partial charge is 0.220 e. The predicted molar refractivity (Wildman–Crippen MR) is 60.8 cm³/mol. The highest BCUT2D eigenvalue weighted by Crippen LogP contribution is 2.16. The molecule has 5 heteroatoms. The lowest BCUT2D eigenvalue weighted by molar-refractivity contribution is -0.122. The molecule has 0 aromatic heterocycles. The average Bonchev–Trinajstić information content (AvgIpc) is 2.31. The molecule has 1 fully saturated rings. The van der Waals surface area contributed by atoms with Crippen molar-refractivity contribution in [2.45, 2.75) is 18.9 Å². The van der Waals surface area contributed by atoms with Crippen LogP contribution in [0.5, 0.6) is 0 Å². The van der Waals surface area contributed by atoms with Crippen LogP contribution in [-0.2, 0) is 4.79 Å². The van der Waals surface area contributed by atoms with Crippen LogP contribution in [0.4, 0.5) is 10.1 Å². The van der Waals surface area contributed by atoms with Crippen LogP contribution in [-0.4, -0.2) is 18.5 Å². The molecule has 1 aliphatic rings. The first-order chi connectivity index (χ1) is 8.17. The zero-order valence-corrected chi connectivity index (χ0v) is 9.16. The number of carbonyl (C=O) groups is 1. The first kappa shape index (κ1) is 11.4. The van der Waals surface area contributed by atoms with Crippen LogP contribution in [0.2, 0.25) is 0 Å². The van der Waals surface area contributed by atoms with Crippen LogP contribution in [0, 0.1) is 17.1 Å². The molecule has 0 saturated carbocycles. The zero-order valence-electron chi connectivity index (χ0n) is 9.16. The molecule has 1 aromatic rings. The Labute approximate surface area is 98.4 Å². The Balaban J connectivity index is 2.06. The van der Waals surface area contributed by atoms with Gasteiger partial charge < -0.3 is 10.6 Å². The lowest BCUT2D eigenvalue weighted by Crippen LogP contribution is -2.41. The van der Waals surface area contributed by atoms with Crippen LogP contribution in [0.15, 0.2) is 18.2 Å². The van der Waals surface area contributed by atoms with E-state index in [1.807, 2.05) is 6.07 Å². The molecule has 1 unspecified atom stereocenters. The van der Waals surface area contributed by atoms with Gasteiger partial charge in [0.1, 0.15) is 5.82 Å². The molecule has 0 bridgehead atoms. The lowest BCUT2D eigenvalue weighted by atomic mass is 10.1. The number of benzene rings is 1. The molecule has 1 saturated heterocycles. The highest BCUT2D eigenvalue weighted by molar-refractivity contribution is 5.77. The van der Waals surface area contributed by atoms with Crippen molar-refractivity contribution < 1.29 is 9.18 Å². The third kappa shape index (κ3) is 2.94. The van der Waals surface area contributed by atoms with Crippen molar-refractivity contribution in [2.75, 3.05) is 11.9 Å². The summed E-state index contributed by atoms with van der Waals surface area (Å²) in [4.78, 5) is 11.0. The van der Waals surface area contributed by atoms with Crippen molar-refractivity contribution in [3.8, 4) is 6.07 Å².